The second-order valence-electron chi connectivity index (χ2n) is 10.8. The number of carbonyl (C=O) groups is 2. The van der Waals surface area contributed by atoms with E-state index in [1.165, 1.54) is 6.08 Å². The van der Waals surface area contributed by atoms with Crippen LogP contribution in [-0.2, 0) is 14.3 Å². The molecule has 4 fully saturated rings. The Morgan fingerprint density at radius 1 is 1.10 bits per heavy atom. The molecule has 0 aromatic rings. The van der Waals surface area contributed by atoms with Gasteiger partial charge in [-0.1, -0.05) is 6.92 Å². The van der Waals surface area contributed by atoms with Crippen molar-refractivity contribution in [2.24, 2.45) is 28.6 Å². The molecule has 0 aromatic carbocycles. The molecule has 7 nitrogen and oxygen atoms in total. The quantitative estimate of drug-likeness (QED) is 0.386. The van der Waals surface area contributed by atoms with Gasteiger partial charge in [0.1, 0.15) is 12.9 Å². The summed E-state index contributed by atoms with van der Waals surface area (Å²) in [7, 11) is 0. The molecule has 4 aliphatic carbocycles. The number of ether oxygens (including phenoxy) is 1. The fourth-order valence-electron chi connectivity index (χ4n) is 8.40. The Labute approximate surface area is 176 Å². The van der Waals surface area contributed by atoms with Crippen molar-refractivity contribution in [1.29, 1.82) is 0 Å². The highest BCUT2D eigenvalue weighted by Gasteiger charge is 2.73. The van der Waals surface area contributed by atoms with Crippen LogP contribution >= 0.6 is 0 Å². The molecule has 166 valence electrons. The van der Waals surface area contributed by atoms with E-state index in [4.69, 9.17) is 4.74 Å². The Morgan fingerprint density at radius 3 is 2.53 bits per heavy atom. The monoisotopic (exact) mass is 420 g/mol. The van der Waals surface area contributed by atoms with Gasteiger partial charge in [-0.05, 0) is 62.4 Å². The zero-order valence-electron chi connectivity index (χ0n) is 17.4. The highest BCUT2D eigenvalue weighted by molar-refractivity contribution is 5.85. The third-order valence-corrected chi connectivity index (χ3v) is 9.80. The van der Waals surface area contributed by atoms with E-state index in [0.29, 0.717) is 44.9 Å². The normalized spacial score (nSPS) is 55.2. The van der Waals surface area contributed by atoms with E-state index in [1.54, 1.807) is 0 Å². The van der Waals surface area contributed by atoms with Crippen molar-refractivity contribution in [1.82, 2.24) is 0 Å². The van der Waals surface area contributed by atoms with Crippen LogP contribution < -0.4 is 0 Å². The number of aliphatic hydroxyl groups excluding tert-OH is 2. The first-order valence-corrected chi connectivity index (χ1v) is 11.2. The number of fused-ring (bicyclic) bond motifs is 5. The van der Waals surface area contributed by atoms with Crippen LogP contribution in [0.4, 0.5) is 0 Å². The second-order valence-corrected chi connectivity index (χ2v) is 10.8. The maximum absolute atomic E-state index is 12.5. The predicted octanol–water partition coefficient (Wildman–Crippen LogP) is 0.869. The largest absolute Gasteiger partial charge is 0.458 e. The fourth-order valence-corrected chi connectivity index (χ4v) is 8.40. The highest BCUT2D eigenvalue weighted by atomic mass is 16.5. The Bertz CT molecular complexity index is 809. The van der Waals surface area contributed by atoms with Crippen molar-refractivity contribution in [3.8, 4) is 0 Å². The molecule has 5 rings (SSSR count). The zero-order valence-corrected chi connectivity index (χ0v) is 17.4. The van der Waals surface area contributed by atoms with Crippen molar-refractivity contribution in [2.45, 2.75) is 81.7 Å². The number of rotatable bonds is 2. The molecule has 1 aliphatic heterocycles. The number of carbonyl (C=O) groups excluding carboxylic acids is 2. The van der Waals surface area contributed by atoms with Crippen molar-refractivity contribution in [3.05, 3.63) is 11.6 Å². The van der Waals surface area contributed by atoms with Crippen LogP contribution in [0, 0.1) is 28.6 Å². The molecule has 0 radical (unpaired) electrons. The summed E-state index contributed by atoms with van der Waals surface area (Å²) in [6, 6.07) is 0. The Kier molecular flexibility index (Phi) is 4.38. The van der Waals surface area contributed by atoms with E-state index in [1.807, 2.05) is 6.92 Å². The van der Waals surface area contributed by atoms with Gasteiger partial charge >= 0.3 is 5.97 Å². The van der Waals surface area contributed by atoms with Gasteiger partial charge in [0.25, 0.3) is 0 Å². The molecule has 7 heteroatoms. The van der Waals surface area contributed by atoms with Crippen LogP contribution in [-0.4, -0.2) is 62.7 Å². The number of hydrogen-bond donors (Lipinski definition) is 4. The van der Waals surface area contributed by atoms with Gasteiger partial charge < -0.3 is 30.0 Å². The molecule has 4 N–H and O–H groups in total. The number of cyclic esters (lactones) is 1. The lowest BCUT2D eigenvalue weighted by Crippen LogP contribution is -2.72. The molecule has 0 saturated heterocycles. The summed E-state index contributed by atoms with van der Waals surface area (Å²) >= 11 is 0. The van der Waals surface area contributed by atoms with Gasteiger partial charge in [-0.15, -0.1) is 0 Å². The first-order valence-electron chi connectivity index (χ1n) is 11.2. The smallest absolute Gasteiger partial charge is 0.331 e. The van der Waals surface area contributed by atoms with Gasteiger partial charge in [-0.3, -0.25) is 0 Å². The summed E-state index contributed by atoms with van der Waals surface area (Å²) in [5.41, 5.74) is -3.37. The average Bonchev–Trinajstić information content (AvgIpc) is 3.21. The summed E-state index contributed by atoms with van der Waals surface area (Å²) < 4.78 is 5.12. The van der Waals surface area contributed by atoms with E-state index in [2.05, 4.69) is 0 Å². The summed E-state index contributed by atoms with van der Waals surface area (Å²) in [5, 5.41) is 45.1. The number of aldehydes is 1. The van der Waals surface area contributed by atoms with Gasteiger partial charge in [-0.2, -0.15) is 0 Å². The molecule has 9 atom stereocenters. The highest BCUT2D eigenvalue weighted by Crippen LogP contribution is 2.70. The molecule has 0 aromatic heterocycles. The number of esters is 1. The van der Waals surface area contributed by atoms with Gasteiger partial charge in [0.2, 0.25) is 0 Å². The lowest BCUT2D eigenvalue weighted by Gasteiger charge is -2.66. The molecule has 5 aliphatic rings. The van der Waals surface area contributed by atoms with Gasteiger partial charge in [0, 0.05) is 23.8 Å². The summed E-state index contributed by atoms with van der Waals surface area (Å²) in [6.07, 6.45) is 4.02. The minimum absolute atomic E-state index is 0.0641. The van der Waals surface area contributed by atoms with Crippen LogP contribution in [0.3, 0.4) is 0 Å². The van der Waals surface area contributed by atoms with E-state index >= 15 is 0 Å². The third kappa shape index (κ3) is 2.35. The minimum atomic E-state index is -1.36. The standard InChI is InChI=1S/C23H32O7/c1-20-10-17(26)19-16(3-6-22(28)9-14(25)2-5-21(19,22)12-24)23(20,29)7-4-15(20)13-8-18(27)30-11-13/h8,12,14-17,19,25-26,28-29H,2-7,9-11H2,1H3. The lowest BCUT2D eigenvalue weighted by molar-refractivity contribution is -0.272. The minimum Gasteiger partial charge on any atom is -0.458 e. The van der Waals surface area contributed by atoms with Crippen molar-refractivity contribution >= 4 is 12.3 Å². The third-order valence-electron chi connectivity index (χ3n) is 9.80. The van der Waals surface area contributed by atoms with Crippen molar-refractivity contribution in [2.75, 3.05) is 6.61 Å². The summed E-state index contributed by atoms with van der Waals surface area (Å²) in [4.78, 5) is 24.2. The van der Waals surface area contributed by atoms with Crippen LogP contribution in [0.1, 0.15) is 58.3 Å². The van der Waals surface area contributed by atoms with Gasteiger partial charge in [-0.25, -0.2) is 4.79 Å². The molecular weight excluding hydrogens is 388 g/mol. The Balaban J connectivity index is 1.56. The van der Waals surface area contributed by atoms with E-state index in [0.717, 1.165) is 11.9 Å². The van der Waals surface area contributed by atoms with E-state index in [9.17, 15) is 30.0 Å². The van der Waals surface area contributed by atoms with Gasteiger partial charge in [0.15, 0.2) is 0 Å². The zero-order chi connectivity index (χ0) is 21.5. The Morgan fingerprint density at radius 2 is 1.87 bits per heavy atom. The van der Waals surface area contributed by atoms with Crippen LogP contribution in [0.25, 0.3) is 0 Å². The lowest BCUT2D eigenvalue weighted by atomic mass is 9.41. The first-order chi connectivity index (χ1) is 14.1. The fraction of sp³-hybridized carbons (Fsp3) is 0.826. The molecule has 0 bridgehead atoms. The SMILES string of the molecule is CC12CC(O)C3C(CCC4(O)CC(O)CCC34C=O)C1(O)CCC2C1=CC(=O)OC1. The number of hydrogen-bond acceptors (Lipinski definition) is 7. The molecule has 1 heterocycles. The molecule has 4 saturated carbocycles. The Hall–Kier alpha value is -1.28. The van der Waals surface area contributed by atoms with Crippen molar-refractivity contribution in [3.63, 3.8) is 0 Å². The molecule has 30 heavy (non-hydrogen) atoms. The molecule has 9 unspecified atom stereocenters. The van der Waals surface area contributed by atoms with Crippen molar-refractivity contribution < 1.29 is 34.8 Å². The molecule has 0 spiro atoms. The van der Waals surface area contributed by atoms with E-state index in [-0.39, 0.29) is 30.8 Å². The molecular formula is C23H32O7. The van der Waals surface area contributed by atoms with Crippen LogP contribution in [0.5, 0.6) is 0 Å². The predicted molar refractivity (Wildman–Crippen MR) is 105 cm³/mol. The molecule has 0 amide bonds. The van der Waals surface area contributed by atoms with Gasteiger partial charge in [0.05, 0.1) is 28.8 Å². The summed E-state index contributed by atoms with van der Waals surface area (Å²) in [5.74, 6) is -1.29. The van der Waals surface area contributed by atoms with E-state index < -0.39 is 40.2 Å². The summed E-state index contributed by atoms with van der Waals surface area (Å²) in [6.45, 7) is 2.22. The average molecular weight is 421 g/mol. The second kappa shape index (κ2) is 6.37. The first kappa shape index (κ1) is 20.6. The van der Waals surface area contributed by atoms with Crippen LogP contribution in [0.15, 0.2) is 11.6 Å². The maximum Gasteiger partial charge on any atom is 0.331 e. The van der Waals surface area contributed by atoms with Crippen LogP contribution in [0.2, 0.25) is 0 Å². The maximum atomic E-state index is 12.5. The topological polar surface area (TPSA) is 124 Å². The number of aliphatic hydroxyl groups is 4.